The Morgan fingerprint density at radius 1 is 0.875 bits per heavy atom. The number of fused-ring (bicyclic) bond motifs is 10. The monoisotopic (exact) mass is 357 g/mol. The first kappa shape index (κ1) is 18.5. The third-order valence-corrected chi connectivity index (χ3v) is 6.37. The van der Waals surface area contributed by atoms with Crippen molar-refractivity contribution in [2.75, 3.05) is 19.8 Å². The molecule has 2 aliphatic carbocycles. The maximum Gasteiger partial charge on any atom is 0.225 e. The second-order valence-electron chi connectivity index (χ2n) is 7.69. The van der Waals surface area contributed by atoms with Crippen molar-refractivity contribution in [1.29, 1.82) is 0 Å². The molecule has 0 aromatic rings. The molecule has 0 aromatic carbocycles. The van der Waals surface area contributed by atoms with E-state index in [1.54, 1.807) is 0 Å². The largest absolute Gasteiger partial charge is 0.377 e. The Bertz CT molecular complexity index is 406. The first-order valence-corrected chi connectivity index (χ1v) is 10.3. The lowest BCUT2D eigenvalue weighted by atomic mass is 9.84. The molecule has 2 aliphatic heterocycles. The lowest BCUT2D eigenvalue weighted by Gasteiger charge is -2.34. The predicted molar refractivity (Wildman–Crippen MR) is 95.3 cm³/mol. The molecule has 2 saturated heterocycles. The summed E-state index contributed by atoms with van der Waals surface area (Å²) in [5.41, 5.74) is 0. The number of hydrogen-bond acceptors (Lipinski definition) is 3. The number of carbonyl (C=O) groups excluding carboxylic acids is 1. The number of nitrogens with one attached hydrogen (secondary N) is 1. The molecule has 0 radical (unpaired) electrons. The minimum atomic E-state index is 0.0411. The van der Waals surface area contributed by atoms with Gasteiger partial charge in [0, 0.05) is 19.8 Å². The van der Waals surface area contributed by atoms with E-state index in [1.807, 2.05) is 0 Å². The zero-order chi connectivity index (χ0) is 16.8. The van der Waals surface area contributed by atoms with Crippen molar-refractivity contribution in [1.82, 2.24) is 5.32 Å². The first-order valence-electron chi connectivity index (χ1n) is 9.89. The molecule has 24 heavy (non-hydrogen) atoms. The van der Waals surface area contributed by atoms with Gasteiger partial charge in [-0.2, -0.15) is 0 Å². The van der Waals surface area contributed by atoms with Crippen molar-refractivity contribution in [3.63, 3.8) is 0 Å². The van der Waals surface area contributed by atoms with Gasteiger partial charge in [0.2, 0.25) is 5.91 Å². The maximum atomic E-state index is 12.6. The highest BCUT2D eigenvalue weighted by molar-refractivity contribution is 6.21. The Balaban J connectivity index is 1.58. The fraction of sp³-hybridized carbons (Fsp3) is 0.947. The van der Waals surface area contributed by atoms with Crippen LogP contribution >= 0.6 is 11.6 Å². The van der Waals surface area contributed by atoms with Gasteiger partial charge in [0.15, 0.2) is 0 Å². The Morgan fingerprint density at radius 3 is 2.42 bits per heavy atom. The number of halogens is 1. The van der Waals surface area contributed by atoms with E-state index in [0.717, 1.165) is 71.1 Å². The molecule has 1 N–H and O–H groups in total. The summed E-state index contributed by atoms with van der Waals surface area (Å²) in [5, 5.41) is 3.28. The quantitative estimate of drug-likeness (QED) is 0.673. The molecule has 0 spiro atoms. The van der Waals surface area contributed by atoms with Crippen LogP contribution in [0.1, 0.15) is 64.2 Å². The average molecular weight is 358 g/mol. The van der Waals surface area contributed by atoms with Gasteiger partial charge in [-0.15, -0.1) is 11.6 Å². The molecule has 2 heterocycles. The molecule has 4 unspecified atom stereocenters. The van der Waals surface area contributed by atoms with Crippen molar-refractivity contribution in [3.8, 4) is 0 Å². The molecular weight excluding hydrogens is 326 g/mol. The zero-order valence-electron chi connectivity index (χ0n) is 14.7. The summed E-state index contributed by atoms with van der Waals surface area (Å²) in [7, 11) is 0. The van der Waals surface area contributed by atoms with Crippen LogP contribution in [0.3, 0.4) is 0 Å². The molecule has 4 aliphatic rings. The molecule has 4 rings (SSSR count). The Hall–Kier alpha value is -0.320. The van der Waals surface area contributed by atoms with Crippen LogP contribution in [0.25, 0.3) is 0 Å². The summed E-state index contributed by atoms with van der Waals surface area (Å²) in [6, 6.07) is 0. The van der Waals surface area contributed by atoms with Crippen LogP contribution in [0, 0.1) is 11.8 Å². The lowest BCUT2D eigenvalue weighted by molar-refractivity contribution is -0.132. The van der Waals surface area contributed by atoms with E-state index < -0.39 is 0 Å². The third kappa shape index (κ3) is 5.09. The highest BCUT2D eigenvalue weighted by atomic mass is 35.5. The van der Waals surface area contributed by atoms with Gasteiger partial charge >= 0.3 is 0 Å². The number of hydrogen-bond donors (Lipinski definition) is 1. The van der Waals surface area contributed by atoms with E-state index in [4.69, 9.17) is 21.1 Å². The minimum absolute atomic E-state index is 0.0411. The van der Waals surface area contributed by atoms with Crippen LogP contribution in [0.15, 0.2) is 0 Å². The average Bonchev–Trinajstić information content (AvgIpc) is 2.59. The van der Waals surface area contributed by atoms with Crippen LogP contribution in [0.4, 0.5) is 0 Å². The van der Waals surface area contributed by atoms with Crippen LogP contribution in [-0.2, 0) is 14.3 Å². The minimum Gasteiger partial charge on any atom is -0.377 e. The van der Waals surface area contributed by atoms with Crippen LogP contribution in [-0.4, -0.2) is 43.3 Å². The number of amides is 1. The van der Waals surface area contributed by atoms with E-state index in [0.29, 0.717) is 5.92 Å². The Kier molecular flexibility index (Phi) is 7.23. The number of ether oxygens (including phenoxy) is 2. The van der Waals surface area contributed by atoms with Crippen LogP contribution in [0.5, 0.6) is 0 Å². The maximum absolute atomic E-state index is 12.6. The molecule has 1 amide bonds. The summed E-state index contributed by atoms with van der Waals surface area (Å²) in [5.74, 6) is 0.851. The van der Waals surface area contributed by atoms with E-state index >= 15 is 0 Å². The second-order valence-corrected chi connectivity index (χ2v) is 8.25. The van der Waals surface area contributed by atoms with Gasteiger partial charge in [-0.1, -0.05) is 12.8 Å². The lowest BCUT2D eigenvalue weighted by Crippen LogP contribution is -2.42. The SMILES string of the molecule is O=C1NCC[C@@H]2CCC(OCCCCOC3CCCCC13)C(Cl)C2. The highest BCUT2D eigenvalue weighted by Gasteiger charge is 2.33. The number of alkyl halides is 1. The standard InChI is InChI=1S/C19H32ClNO3/c20-16-13-14-7-8-18(16)24-12-4-3-11-23-17-6-2-1-5-15(17)19(22)21-10-9-14/h14-18H,1-13H2,(H,21,22)/t14-,15?,16?,17?,18?/m0/s1. The third-order valence-electron chi connectivity index (χ3n) is 5.92. The zero-order valence-corrected chi connectivity index (χ0v) is 15.4. The Morgan fingerprint density at radius 2 is 1.62 bits per heavy atom. The molecule has 4 fully saturated rings. The normalized spacial score (nSPS) is 39.9. The fourth-order valence-electron chi connectivity index (χ4n) is 4.42. The first-order chi connectivity index (χ1) is 11.7. The van der Waals surface area contributed by atoms with Crippen molar-refractivity contribution in [2.24, 2.45) is 11.8 Å². The summed E-state index contributed by atoms with van der Waals surface area (Å²) in [6.45, 7) is 2.27. The van der Waals surface area contributed by atoms with Gasteiger partial charge in [0.1, 0.15) is 0 Å². The summed E-state index contributed by atoms with van der Waals surface area (Å²) >= 11 is 6.52. The van der Waals surface area contributed by atoms with Gasteiger partial charge in [-0.25, -0.2) is 0 Å². The number of rotatable bonds is 0. The fourth-order valence-corrected chi connectivity index (χ4v) is 4.87. The van der Waals surface area contributed by atoms with Gasteiger partial charge in [-0.3, -0.25) is 4.79 Å². The van der Waals surface area contributed by atoms with E-state index in [1.165, 1.54) is 12.8 Å². The molecule has 5 heteroatoms. The van der Waals surface area contributed by atoms with Gasteiger partial charge in [0.05, 0.1) is 23.5 Å². The van der Waals surface area contributed by atoms with E-state index in [9.17, 15) is 4.79 Å². The summed E-state index contributed by atoms with van der Waals surface area (Å²) in [6.07, 6.45) is 10.9. The molecule has 5 atom stereocenters. The topological polar surface area (TPSA) is 47.6 Å². The van der Waals surface area contributed by atoms with Crippen molar-refractivity contribution < 1.29 is 14.3 Å². The smallest absolute Gasteiger partial charge is 0.225 e. The molecule has 138 valence electrons. The van der Waals surface area contributed by atoms with Crippen molar-refractivity contribution >= 4 is 17.5 Å². The van der Waals surface area contributed by atoms with E-state index in [2.05, 4.69) is 5.32 Å². The van der Waals surface area contributed by atoms with Gasteiger partial charge in [-0.05, 0) is 57.3 Å². The summed E-state index contributed by atoms with van der Waals surface area (Å²) < 4.78 is 12.1. The van der Waals surface area contributed by atoms with Gasteiger partial charge < -0.3 is 14.8 Å². The van der Waals surface area contributed by atoms with Crippen LogP contribution in [0.2, 0.25) is 0 Å². The van der Waals surface area contributed by atoms with Crippen molar-refractivity contribution in [2.45, 2.75) is 81.8 Å². The molecule has 2 bridgehead atoms. The number of carbonyl (C=O) groups is 1. The molecular formula is C19H32ClNO3. The second kappa shape index (κ2) is 9.40. The van der Waals surface area contributed by atoms with Crippen molar-refractivity contribution in [3.05, 3.63) is 0 Å². The Labute approximate surface area is 151 Å². The van der Waals surface area contributed by atoms with E-state index in [-0.39, 0.29) is 29.4 Å². The predicted octanol–water partition coefficient (Wildman–Crippen LogP) is 3.65. The van der Waals surface area contributed by atoms with Gasteiger partial charge in [0.25, 0.3) is 0 Å². The highest BCUT2D eigenvalue weighted by Crippen LogP contribution is 2.32. The summed E-state index contributed by atoms with van der Waals surface area (Å²) in [4.78, 5) is 12.6. The molecule has 4 nitrogen and oxygen atoms in total. The molecule has 2 saturated carbocycles. The van der Waals surface area contributed by atoms with Crippen LogP contribution < -0.4 is 5.32 Å². The molecule has 0 aromatic heterocycles.